The summed E-state index contributed by atoms with van der Waals surface area (Å²) in [7, 11) is -4.03. The molecule has 1 N–H and O–H groups in total. The van der Waals surface area contributed by atoms with E-state index in [1.54, 1.807) is 43.3 Å². The Bertz CT molecular complexity index is 1200. The maximum atomic E-state index is 13.4. The number of fused-ring (bicyclic) bond motifs is 1. The van der Waals surface area contributed by atoms with E-state index in [0.29, 0.717) is 17.0 Å². The van der Waals surface area contributed by atoms with Crippen molar-refractivity contribution in [3.8, 4) is 0 Å². The van der Waals surface area contributed by atoms with Crippen LogP contribution in [0, 0.1) is 0 Å². The van der Waals surface area contributed by atoms with E-state index in [2.05, 4.69) is 5.32 Å². The first kappa shape index (κ1) is 25.7. The molecule has 0 aliphatic carbocycles. The molecule has 10 heteroatoms. The van der Waals surface area contributed by atoms with Gasteiger partial charge in [0, 0.05) is 30.6 Å². The third-order valence-electron chi connectivity index (χ3n) is 5.56. The third-order valence-corrected chi connectivity index (χ3v) is 7.77. The molecule has 0 fully saturated rings. The van der Waals surface area contributed by atoms with Gasteiger partial charge in [0.1, 0.15) is 10.9 Å². The Hall–Kier alpha value is -2.91. The predicted molar refractivity (Wildman–Crippen MR) is 129 cm³/mol. The minimum atomic E-state index is -4.03. The van der Waals surface area contributed by atoms with Crippen molar-refractivity contribution < 1.29 is 22.8 Å². The second-order valence-electron chi connectivity index (χ2n) is 8.33. The second kappa shape index (κ2) is 10.6. The molecule has 34 heavy (non-hydrogen) atoms. The monoisotopic (exact) mass is 505 g/mol. The number of rotatable bonds is 9. The zero-order chi connectivity index (χ0) is 25.0. The topological polar surface area (TPSA) is 104 Å². The summed E-state index contributed by atoms with van der Waals surface area (Å²) in [4.78, 5) is 40.3. The lowest BCUT2D eigenvalue weighted by atomic mass is 10.1. The number of sulfonamides is 1. The fourth-order valence-corrected chi connectivity index (χ4v) is 5.67. The van der Waals surface area contributed by atoms with E-state index in [1.807, 2.05) is 13.8 Å². The molecule has 8 nitrogen and oxygen atoms in total. The third kappa shape index (κ3) is 5.26. The number of carbonyl (C=O) groups is 3. The van der Waals surface area contributed by atoms with Crippen LogP contribution in [0.1, 0.15) is 49.5 Å². The van der Waals surface area contributed by atoms with Gasteiger partial charge >= 0.3 is 0 Å². The number of carbonyl (C=O) groups excluding carboxylic acids is 3. The van der Waals surface area contributed by atoms with Gasteiger partial charge in [-0.25, -0.2) is 12.7 Å². The van der Waals surface area contributed by atoms with Crippen LogP contribution in [0.4, 0.5) is 0 Å². The first-order valence-electron chi connectivity index (χ1n) is 11.1. The second-order valence-corrected chi connectivity index (χ2v) is 10.6. The molecule has 182 valence electrons. The van der Waals surface area contributed by atoms with Crippen LogP contribution in [-0.2, 0) is 26.2 Å². The molecule has 1 aliphatic heterocycles. The van der Waals surface area contributed by atoms with Crippen LogP contribution in [0.3, 0.4) is 0 Å². The predicted octanol–water partition coefficient (Wildman–Crippen LogP) is 3.21. The zero-order valence-electron chi connectivity index (χ0n) is 19.3. The average molecular weight is 506 g/mol. The SMILES string of the molecule is CC[C@H](C(=O)NC(C)C)N(Cc1ccccc1Cl)C(=O)CCN1C(=O)c2ccccc2S1(=O)=O. The minimum Gasteiger partial charge on any atom is -0.352 e. The number of hydrogen-bond acceptors (Lipinski definition) is 5. The highest BCUT2D eigenvalue weighted by atomic mass is 35.5. The molecule has 3 amide bonds. The normalized spacial score (nSPS) is 15.2. The Balaban J connectivity index is 1.84. The Morgan fingerprint density at radius 3 is 2.35 bits per heavy atom. The lowest BCUT2D eigenvalue weighted by Gasteiger charge is -2.32. The lowest BCUT2D eigenvalue weighted by Crippen LogP contribution is -2.51. The van der Waals surface area contributed by atoms with E-state index in [-0.39, 0.29) is 41.9 Å². The molecule has 0 saturated heterocycles. The summed E-state index contributed by atoms with van der Waals surface area (Å²) in [5.74, 6) is -1.43. The van der Waals surface area contributed by atoms with E-state index in [9.17, 15) is 22.8 Å². The first-order valence-corrected chi connectivity index (χ1v) is 12.9. The Morgan fingerprint density at radius 2 is 1.74 bits per heavy atom. The summed E-state index contributed by atoms with van der Waals surface area (Å²) >= 11 is 6.30. The van der Waals surface area contributed by atoms with E-state index < -0.39 is 27.9 Å². The molecule has 0 spiro atoms. The number of halogens is 1. The van der Waals surface area contributed by atoms with Gasteiger partial charge in [0.25, 0.3) is 15.9 Å². The van der Waals surface area contributed by atoms with Crippen LogP contribution in [0.2, 0.25) is 5.02 Å². The van der Waals surface area contributed by atoms with Gasteiger partial charge in [-0.05, 0) is 44.0 Å². The molecule has 2 aromatic rings. The molecule has 0 unspecified atom stereocenters. The molecular weight excluding hydrogens is 478 g/mol. The van der Waals surface area contributed by atoms with Crippen molar-refractivity contribution in [2.75, 3.05) is 6.54 Å². The van der Waals surface area contributed by atoms with Gasteiger partial charge in [-0.3, -0.25) is 14.4 Å². The van der Waals surface area contributed by atoms with Crippen molar-refractivity contribution in [1.82, 2.24) is 14.5 Å². The molecule has 0 radical (unpaired) electrons. The standard InChI is InChI=1S/C24H28ClN3O5S/c1-4-20(23(30)26-16(2)3)27(15-17-9-5-7-11-19(17)25)22(29)13-14-28-24(31)18-10-6-8-12-21(18)34(28,32)33/h5-12,16,20H,4,13-15H2,1-3H3,(H,26,30)/t20-/m1/s1. The van der Waals surface area contributed by atoms with Crippen LogP contribution in [0.25, 0.3) is 0 Å². The Kier molecular flexibility index (Phi) is 7.99. The summed E-state index contributed by atoms with van der Waals surface area (Å²) in [6, 6.07) is 12.1. The highest BCUT2D eigenvalue weighted by molar-refractivity contribution is 7.90. The van der Waals surface area contributed by atoms with E-state index in [0.717, 1.165) is 4.31 Å². The van der Waals surface area contributed by atoms with Gasteiger partial charge in [-0.1, -0.05) is 48.9 Å². The van der Waals surface area contributed by atoms with Crippen LogP contribution < -0.4 is 5.32 Å². The van der Waals surface area contributed by atoms with E-state index in [4.69, 9.17) is 11.6 Å². The van der Waals surface area contributed by atoms with Gasteiger partial charge in [0.05, 0.1) is 5.56 Å². The van der Waals surface area contributed by atoms with Gasteiger partial charge < -0.3 is 10.2 Å². The van der Waals surface area contributed by atoms with Crippen LogP contribution in [0.15, 0.2) is 53.4 Å². The summed E-state index contributed by atoms with van der Waals surface area (Å²) in [5, 5.41) is 3.28. The van der Waals surface area contributed by atoms with Crippen LogP contribution in [-0.4, -0.2) is 54.0 Å². The molecule has 1 atom stereocenters. The number of nitrogens with zero attached hydrogens (tertiary/aromatic N) is 2. The van der Waals surface area contributed by atoms with Gasteiger partial charge in [-0.2, -0.15) is 0 Å². The van der Waals surface area contributed by atoms with Crippen molar-refractivity contribution >= 4 is 39.3 Å². The largest absolute Gasteiger partial charge is 0.352 e. The van der Waals surface area contributed by atoms with Gasteiger partial charge in [0.15, 0.2) is 0 Å². The fraction of sp³-hybridized carbons (Fsp3) is 0.375. The van der Waals surface area contributed by atoms with Gasteiger partial charge in [-0.15, -0.1) is 0 Å². The van der Waals surface area contributed by atoms with E-state index in [1.165, 1.54) is 17.0 Å². The Labute approximate surface area is 204 Å². The Morgan fingerprint density at radius 1 is 1.09 bits per heavy atom. The average Bonchev–Trinajstić information content (AvgIpc) is 2.98. The number of hydrogen-bond donors (Lipinski definition) is 1. The smallest absolute Gasteiger partial charge is 0.269 e. The van der Waals surface area contributed by atoms with Crippen molar-refractivity contribution in [3.63, 3.8) is 0 Å². The maximum absolute atomic E-state index is 13.4. The zero-order valence-corrected chi connectivity index (χ0v) is 20.9. The van der Waals surface area contributed by atoms with Crippen LogP contribution >= 0.6 is 11.6 Å². The number of nitrogens with one attached hydrogen (secondary N) is 1. The van der Waals surface area contributed by atoms with Crippen molar-refractivity contribution in [2.24, 2.45) is 0 Å². The molecule has 3 rings (SSSR count). The van der Waals surface area contributed by atoms with Crippen molar-refractivity contribution in [1.29, 1.82) is 0 Å². The molecule has 1 aliphatic rings. The number of benzene rings is 2. The molecule has 0 bridgehead atoms. The summed E-state index contributed by atoms with van der Waals surface area (Å²) in [6.07, 6.45) is 0.0794. The van der Waals surface area contributed by atoms with Crippen LogP contribution in [0.5, 0.6) is 0 Å². The summed E-state index contributed by atoms with van der Waals surface area (Å²) in [6.45, 7) is 5.20. The fourth-order valence-electron chi connectivity index (χ4n) is 3.90. The quantitative estimate of drug-likeness (QED) is 0.563. The van der Waals surface area contributed by atoms with Crippen molar-refractivity contribution in [3.05, 3.63) is 64.7 Å². The summed E-state index contributed by atoms with van der Waals surface area (Å²) < 4.78 is 26.4. The molecule has 1 heterocycles. The maximum Gasteiger partial charge on any atom is 0.269 e. The highest BCUT2D eigenvalue weighted by Crippen LogP contribution is 2.30. The molecular formula is C24H28ClN3O5S. The first-order chi connectivity index (χ1) is 16.1. The molecule has 0 aromatic heterocycles. The highest BCUT2D eigenvalue weighted by Gasteiger charge is 2.41. The number of amides is 3. The van der Waals surface area contributed by atoms with Gasteiger partial charge in [0.2, 0.25) is 11.8 Å². The summed E-state index contributed by atoms with van der Waals surface area (Å²) in [5.41, 5.74) is 0.746. The van der Waals surface area contributed by atoms with E-state index >= 15 is 0 Å². The molecule has 0 saturated carbocycles. The minimum absolute atomic E-state index is 0.0666. The molecule has 2 aromatic carbocycles. The van der Waals surface area contributed by atoms with Crippen molar-refractivity contribution in [2.45, 2.75) is 57.1 Å². The lowest BCUT2D eigenvalue weighted by molar-refractivity contribution is -0.141.